The summed E-state index contributed by atoms with van der Waals surface area (Å²) in [5.41, 5.74) is 3.14. The topological polar surface area (TPSA) is 53.9 Å². The zero-order valence-electron chi connectivity index (χ0n) is 13.4. The maximum absolute atomic E-state index is 4.58. The van der Waals surface area contributed by atoms with E-state index in [0.717, 1.165) is 47.5 Å². The summed E-state index contributed by atoms with van der Waals surface area (Å²) in [5, 5.41) is 3.29. The lowest BCUT2D eigenvalue weighted by atomic mass is 10.2. The van der Waals surface area contributed by atoms with Crippen LogP contribution in [0, 0.1) is 20.8 Å². The molecule has 0 aliphatic rings. The van der Waals surface area contributed by atoms with Crippen molar-refractivity contribution in [3.05, 3.63) is 41.0 Å². The van der Waals surface area contributed by atoms with Gasteiger partial charge < -0.3 is 10.2 Å². The summed E-state index contributed by atoms with van der Waals surface area (Å²) in [5.74, 6) is 2.63. The molecule has 0 saturated heterocycles. The third-order valence-corrected chi connectivity index (χ3v) is 3.28. The standard InChI is InChI=1S/C16H23N5/c1-6-17-15-12(3)16(20-13(4)19-15)21(5)10-14-9-7-8-11(2)18-14/h7-9H,6,10H2,1-5H3,(H,17,19,20). The summed E-state index contributed by atoms with van der Waals surface area (Å²) in [6, 6.07) is 6.08. The molecule has 0 radical (unpaired) electrons. The minimum atomic E-state index is 0.727. The van der Waals surface area contributed by atoms with Crippen molar-refractivity contribution >= 4 is 11.6 Å². The fraction of sp³-hybridized carbons (Fsp3) is 0.438. The summed E-state index contributed by atoms with van der Waals surface area (Å²) >= 11 is 0. The largest absolute Gasteiger partial charge is 0.370 e. The molecule has 0 amide bonds. The first-order valence-electron chi connectivity index (χ1n) is 7.24. The molecular formula is C16H23N5. The first kappa shape index (κ1) is 15.2. The summed E-state index contributed by atoms with van der Waals surface area (Å²) < 4.78 is 0. The van der Waals surface area contributed by atoms with E-state index in [1.165, 1.54) is 0 Å². The van der Waals surface area contributed by atoms with Gasteiger partial charge in [-0.3, -0.25) is 4.98 Å². The van der Waals surface area contributed by atoms with Gasteiger partial charge in [0.15, 0.2) is 0 Å². The number of anilines is 2. The van der Waals surface area contributed by atoms with E-state index in [1.807, 2.05) is 46.0 Å². The molecule has 112 valence electrons. The minimum absolute atomic E-state index is 0.727. The predicted molar refractivity (Wildman–Crippen MR) is 86.8 cm³/mol. The van der Waals surface area contributed by atoms with E-state index >= 15 is 0 Å². The van der Waals surface area contributed by atoms with Crippen LogP contribution in [0.5, 0.6) is 0 Å². The van der Waals surface area contributed by atoms with Crippen molar-refractivity contribution < 1.29 is 0 Å². The molecule has 2 aromatic heterocycles. The van der Waals surface area contributed by atoms with Crippen LogP contribution in [0.15, 0.2) is 18.2 Å². The van der Waals surface area contributed by atoms with Crippen LogP contribution in [0.1, 0.15) is 29.7 Å². The fourth-order valence-corrected chi connectivity index (χ4v) is 2.33. The summed E-state index contributed by atoms with van der Waals surface area (Å²) in [6.07, 6.45) is 0. The van der Waals surface area contributed by atoms with E-state index in [9.17, 15) is 0 Å². The maximum atomic E-state index is 4.58. The van der Waals surface area contributed by atoms with Crippen molar-refractivity contribution in [1.29, 1.82) is 0 Å². The normalized spacial score (nSPS) is 10.5. The van der Waals surface area contributed by atoms with Gasteiger partial charge in [-0.25, -0.2) is 9.97 Å². The molecular weight excluding hydrogens is 262 g/mol. The Hall–Kier alpha value is -2.17. The molecule has 0 fully saturated rings. The van der Waals surface area contributed by atoms with Crippen LogP contribution in [-0.4, -0.2) is 28.5 Å². The van der Waals surface area contributed by atoms with Gasteiger partial charge in [-0.1, -0.05) is 6.07 Å². The van der Waals surface area contributed by atoms with Gasteiger partial charge in [0.1, 0.15) is 17.5 Å². The second-order valence-corrected chi connectivity index (χ2v) is 5.22. The Balaban J connectivity index is 2.28. The molecule has 5 nitrogen and oxygen atoms in total. The fourth-order valence-electron chi connectivity index (χ4n) is 2.33. The van der Waals surface area contributed by atoms with E-state index in [2.05, 4.69) is 32.1 Å². The lowest BCUT2D eigenvalue weighted by Crippen LogP contribution is -2.21. The number of nitrogens with one attached hydrogen (secondary N) is 1. The van der Waals surface area contributed by atoms with Crippen LogP contribution in [0.4, 0.5) is 11.6 Å². The molecule has 0 bridgehead atoms. The highest BCUT2D eigenvalue weighted by atomic mass is 15.2. The monoisotopic (exact) mass is 285 g/mol. The molecule has 5 heteroatoms. The Bertz CT molecular complexity index is 624. The number of hydrogen-bond acceptors (Lipinski definition) is 5. The molecule has 0 atom stereocenters. The van der Waals surface area contributed by atoms with Gasteiger partial charge in [0.2, 0.25) is 0 Å². The van der Waals surface area contributed by atoms with E-state index < -0.39 is 0 Å². The quantitative estimate of drug-likeness (QED) is 0.915. The molecule has 2 aromatic rings. The van der Waals surface area contributed by atoms with Crippen LogP contribution in [0.25, 0.3) is 0 Å². The lowest BCUT2D eigenvalue weighted by Gasteiger charge is -2.22. The predicted octanol–water partition coefficient (Wildman–Crippen LogP) is 2.87. The highest BCUT2D eigenvalue weighted by molar-refractivity contribution is 5.58. The van der Waals surface area contributed by atoms with Gasteiger partial charge in [0, 0.05) is 24.8 Å². The van der Waals surface area contributed by atoms with Crippen LogP contribution in [-0.2, 0) is 6.54 Å². The van der Waals surface area contributed by atoms with Crippen LogP contribution < -0.4 is 10.2 Å². The molecule has 0 unspecified atom stereocenters. The van der Waals surface area contributed by atoms with Gasteiger partial charge >= 0.3 is 0 Å². The minimum Gasteiger partial charge on any atom is -0.370 e. The molecule has 0 spiro atoms. The highest BCUT2D eigenvalue weighted by Crippen LogP contribution is 2.23. The van der Waals surface area contributed by atoms with Crippen molar-refractivity contribution in [1.82, 2.24) is 15.0 Å². The highest BCUT2D eigenvalue weighted by Gasteiger charge is 2.13. The van der Waals surface area contributed by atoms with Crippen molar-refractivity contribution in [2.75, 3.05) is 23.8 Å². The van der Waals surface area contributed by atoms with Gasteiger partial charge in [0.25, 0.3) is 0 Å². The van der Waals surface area contributed by atoms with Crippen molar-refractivity contribution in [2.24, 2.45) is 0 Å². The van der Waals surface area contributed by atoms with Crippen LogP contribution >= 0.6 is 0 Å². The summed E-state index contributed by atoms with van der Waals surface area (Å²) in [7, 11) is 2.04. The number of nitrogens with zero attached hydrogens (tertiary/aromatic N) is 4. The van der Waals surface area contributed by atoms with E-state index in [0.29, 0.717) is 0 Å². The SMILES string of the molecule is CCNc1nc(C)nc(N(C)Cc2cccc(C)n2)c1C. The molecule has 0 saturated carbocycles. The Morgan fingerprint density at radius 3 is 2.52 bits per heavy atom. The van der Waals surface area contributed by atoms with Crippen molar-refractivity contribution in [2.45, 2.75) is 34.2 Å². The van der Waals surface area contributed by atoms with Crippen molar-refractivity contribution in [3.8, 4) is 0 Å². The second-order valence-electron chi connectivity index (χ2n) is 5.22. The van der Waals surface area contributed by atoms with E-state index in [-0.39, 0.29) is 0 Å². The van der Waals surface area contributed by atoms with Gasteiger partial charge in [-0.05, 0) is 39.8 Å². The molecule has 2 heterocycles. The van der Waals surface area contributed by atoms with E-state index in [1.54, 1.807) is 0 Å². The van der Waals surface area contributed by atoms with E-state index in [4.69, 9.17) is 0 Å². The molecule has 0 aromatic carbocycles. The molecule has 21 heavy (non-hydrogen) atoms. The van der Waals surface area contributed by atoms with Gasteiger partial charge in [-0.2, -0.15) is 0 Å². The smallest absolute Gasteiger partial charge is 0.137 e. The molecule has 2 rings (SSSR count). The molecule has 0 aliphatic carbocycles. The third kappa shape index (κ3) is 3.68. The average molecular weight is 285 g/mol. The Morgan fingerprint density at radius 1 is 1.10 bits per heavy atom. The first-order valence-corrected chi connectivity index (χ1v) is 7.24. The second kappa shape index (κ2) is 6.52. The lowest BCUT2D eigenvalue weighted by molar-refractivity contribution is 0.840. The maximum Gasteiger partial charge on any atom is 0.137 e. The molecule has 1 N–H and O–H groups in total. The zero-order chi connectivity index (χ0) is 15.4. The van der Waals surface area contributed by atoms with Gasteiger partial charge in [0.05, 0.1) is 12.2 Å². The first-order chi connectivity index (χ1) is 10.0. The summed E-state index contributed by atoms with van der Waals surface area (Å²) in [4.78, 5) is 15.7. The number of hydrogen-bond donors (Lipinski definition) is 1. The van der Waals surface area contributed by atoms with Crippen LogP contribution in [0.3, 0.4) is 0 Å². The van der Waals surface area contributed by atoms with Crippen LogP contribution in [0.2, 0.25) is 0 Å². The van der Waals surface area contributed by atoms with Crippen molar-refractivity contribution in [3.63, 3.8) is 0 Å². The number of aromatic nitrogens is 3. The number of aryl methyl sites for hydroxylation is 2. The zero-order valence-corrected chi connectivity index (χ0v) is 13.4. The summed E-state index contributed by atoms with van der Waals surface area (Å²) in [6.45, 7) is 9.61. The Kier molecular flexibility index (Phi) is 4.73. The number of rotatable bonds is 5. The van der Waals surface area contributed by atoms with Gasteiger partial charge in [-0.15, -0.1) is 0 Å². The Labute approximate surface area is 126 Å². The average Bonchev–Trinajstić information content (AvgIpc) is 2.42. The number of pyridine rings is 1. The third-order valence-electron chi connectivity index (χ3n) is 3.28. The molecule has 0 aliphatic heterocycles. The Morgan fingerprint density at radius 2 is 1.86 bits per heavy atom.